The van der Waals surface area contributed by atoms with Crippen LogP contribution in [0.3, 0.4) is 0 Å². The van der Waals surface area contributed by atoms with E-state index in [4.69, 9.17) is 4.42 Å². The molecule has 4 saturated heterocycles. The summed E-state index contributed by atoms with van der Waals surface area (Å²) < 4.78 is 17.1. The lowest BCUT2D eigenvalue weighted by atomic mass is 10.1. The number of aromatic nitrogens is 12. The van der Waals surface area contributed by atoms with Crippen molar-refractivity contribution >= 4 is 35.3 Å². The highest BCUT2D eigenvalue weighted by molar-refractivity contribution is 5.75. The Balaban J connectivity index is -0.0000000975. The molecule has 0 aromatic carbocycles. The lowest BCUT2D eigenvalue weighted by Crippen LogP contribution is -2.40. The van der Waals surface area contributed by atoms with Crippen molar-refractivity contribution in [1.82, 2.24) is 83.5 Å². The van der Waals surface area contributed by atoms with E-state index in [0.717, 1.165) is 94.9 Å². The number of ketones is 1. The predicted octanol–water partition coefficient (Wildman–Crippen LogP) is 21.3. The van der Waals surface area contributed by atoms with Gasteiger partial charge in [0.25, 0.3) is 0 Å². The number of hydrogen-bond donors (Lipinski definition) is 0. The summed E-state index contributed by atoms with van der Waals surface area (Å²) in [6, 6.07) is 3.94. The van der Waals surface area contributed by atoms with Crippen molar-refractivity contribution in [3.63, 3.8) is 0 Å². The van der Waals surface area contributed by atoms with Gasteiger partial charge in [-0.05, 0) is 139 Å². The van der Waals surface area contributed by atoms with Crippen LogP contribution < -0.4 is 0 Å². The molecule has 5 amide bonds. The lowest BCUT2D eigenvalue weighted by Gasteiger charge is -2.29. The van der Waals surface area contributed by atoms with Gasteiger partial charge in [-0.15, -0.1) is 10.2 Å². The van der Waals surface area contributed by atoms with Crippen LogP contribution in [0.25, 0.3) is 0 Å². The molecule has 114 heavy (non-hydrogen) atoms. The van der Waals surface area contributed by atoms with Gasteiger partial charge < -0.3 is 47.4 Å². The summed E-state index contributed by atoms with van der Waals surface area (Å²) in [5, 5.41) is 18.7. The van der Waals surface area contributed by atoms with Gasteiger partial charge in [0.1, 0.15) is 17.4 Å². The molecule has 0 atom stereocenters. The zero-order chi connectivity index (χ0) is 91.9. The second-order valence-electron chi connectivity index (χ2n) is 23.0. The van der Waals surface area contributed by atoms with Crippen LogP contribution in [0.4, 0.5) is 0 Å². The Morgan fingerprint density at radius 2 is 0.781 bits per heavy atom. The van der Waals surface area contributed by atoms with Crippen molar-refractivity contribution in [3.05, 3.63) is 106 Å². The topological polar surface area (TPSA) is 268 Å². The number of amides is 5. The van der Waals surface area contributed by atoms with Crippen molar-refractivity contribution in [2.24, 2.45) is 28.2 Å². The number of carbonyl (C=O) groups excluding carboxylic acids is 6. The molecule has 0 bridgehead atoms. The summed E-state index contributed by atoms with van der Waals surface area (Å²) in [4.78, 5) is 84.5. The first kappa shape index (κ1) is 132. The van der Waals surface area contributed by atoms with E-state index in [2.05, 4.69) is 62.6 Å². The van der Waals surface area contributed by atoms with E-state index >= 15 is 0 Å². The minimum atomic E-state index is 0.184. The van der Waals surface area contributed by atoms with Gasteiger partial charge >= 0.3 is 0 Å². The zero-order valence-electron chi connectivity index (χ0n) is 82.3. The number of hydrogen-bond acceptors (Lipinski definition) is 16. The van der Waals surface area contributed by atoms with Gasteiger partial charge in [0, 0.05) is 192 Å². The predicted molar refractivity (Wildman–Crippen MR) is 486 cm³/mol. The van der Waals surface area contributed by atoms with E-state index < -0.39 is 0 Å². The molecule has 6 aromatic rings. The number of aryl methyl sites for hydroxylation is 13. The molecule has 6 aromatic heterocycles. The van der Waals surface area contributed by atoms with Gasteiger partial charge in [-0.25, -0.2) is 9.97 Å². The van der Waals surface area contributed by atoms with E-state index in [1.807, 2.05) is 293 Å². The third-order valence-electron chi connectivity index (χ3n) is 14.7. The molecule has 11 heterocycles. The minimum absolute atomic E-state index is 0.184. The quantitative estimate of drug-likeness (QED) is 0.138. The van der Waals surface area contributed by atoms with Crippen molar-refractivity contribution in [3.8, 4) is 0 Å². The van der Waals surface area contributed by atoms with Crippen LogP contribution in [0, 0.1) is 69.2 Å². The second-order valence-corrected chi connectivity index (χ2v) is 23.0. The van der Waals surface area contributed by atoms with Crippen molar-refractivity contribution in [1.29, 1.82) is 0 Å². The van der Waals surface area contributed by atoms with Crippen LogP contribution in [0.2, 0.25) is 0 Å². The fraction of sp³-hybridized carbons (Fsp3) is 0.730. The number of carbonyl (C=O) groups is 6. The third kappa shape index (κ3) is 83.3. The molecular weight excluding hydrogens is 1440 g/mol. The second kappa shape index (κ2) is 97.2. The van der Waals surface area contributed by atoms with Crippen LogP contribution in [0.15, 0.2) is 57.5 Å². The maximum atomic E-state index is 10.8. The summed E-state index contributed by atoms with van der Waals surface area (Å²) in [5.41, 5.74) is 5.97. The van der Waals surface area contributed by atoms with Crippen LogP contribution in [0.5, 0.6) is 0 Å². The molecule has 0 unspecified atom stereocenters. The summed E-state index contributed by atoms with van der Waals surface area (Å²) in [5.74, 6) is 6.04. The van der Waals surface area contributed by atoms with Gasteiger partial charge in [-0.1, -0.05) is 176 Å². The maximum Gasteiger partial charge on any atom is 0.223 e. The highest BCUT2D eigenvalue weighted by Gasteiger charge is 2.16. The number of Topliss-reactive ketones (excluding diaryl/α,β-unsaturated/α-hetero) is 1. The number of imidazole rings is 2. The van der Waals surface area contributed by atoms with E-state index in [0.29, 0.717) is 29.9 Å². The first-order valence-electron chi connectivity index (χ1n) is 43.1. The molecule has 0 saturated carbocycles. The van der Waals surface area contributed by atoms with E-state index in [1.165, 1.54) is 74.7 Å². The van der Waals surface area contributed by atoms with Gasteiger partial charge in [-0.3, -0.25) is 33.3 Å². The van der Waals surface area contributed by atoms with Crippen LogP contribution >= 0.6 is 0 Å². The fourth-order valence-corrected chi connectivity index (χ4v) is 8.26. The van der Waals surface area contributed by atoms with Crippen LogP contribution in [-0.2, 0) is 57.0 Å². The average molecular weight is 1620 g/mol. The number of nitrogens with zero attached hydrogens (tertiary/aromatic N) is 17. The Bertz CT molecular complexity index is 2820. The number of likely N-dealkylation sites (tertiary alicyclic amines) is 4. The summed E-state index contributed by atoms with van der Waals surface area (Å²) in [6.07, 6.45) is 22.4. The molecule has 11 rings (SSSR count). The van der Waals surface area contributed by atoms with E-state index in [1.54, 1.807) is 80.1 Å². The van der Waals surface area contributed by atoms with Crippen LogP contribution in [0.1, 0.15) is 336 Å². The first-order chi connectivity index (χ1) is 54.3. The minimum Gasteiger partial charge on any atom is -0.426 e. The highest BCUT2D eigenvalue weighted by atomic mass is 16.5. The number of piperidine rings is 2. The van der Waals surface area contributed by atoms with Gasteiger partial charge in [0.05, 0.1) is 11.4 Å². The maximum absolute atomic E-state index is 10.8. The number of rotatable bonds is 1. The van der Waals surface area contributed by atoms with Crippen molar-refractivity contribution in [2.45, 2.75) is 348 Å². The summed E-state index contributed by atoms with van der Waals surface area (Å²) in [6.45, 7) is 86.3. The normalized spacial score (nSPS) is 11.9. The molecule has 5 aliphatic heterocycles. The van der Waals surface area contributed by atoms with Gasteiger partial charge in [0.15, 0.2) is 5.82 Å². The largest absolute Gasteiger partial charge is 0.426 e. The molecule has 670 valence electrons. The molecule has 0 aliphatic carbocycles. The van der Waals surface area contributed by atoms with E-state index in [9.17, 15) is 28.8 Å². The summed E-state index contributed by atoms with van der Waals surface area (Å²) >= 11 is 0. The van der Waals surface area contributed by atoms with Gasteiger partial charge in [0.2, 0.25) is 47.2 Å². The first-order valence-corrected chi connectivity index (χ1v) is 43.1. The fourth-order valence-electron chi connectivity index (χ4n) is 8.26. The van der Waals surface area contributed by atoms with E-state index in [-0.39, 0.29) is 35.3 Å². The SMILES string of the molecule is CC.CC.CC.CC.CC.CC.CC.CC.CC.CC.CC.CC(=O)N1CC=C(C)CC1.CC(=O)N1CCC1.CC(=O)N1CCCC1.CC(=O)N1CCCCC1.CC(=O)N1CCCCC1.CCC(C)=O.Cc1ccn(C)n1.Cc1ccnn1C.Cc1cn(C)c(C)n1.Cc1cnc(C)n1C.Cc1nnc(C)o1.Cc1noc(C)n1. The summed E-state index contributed by atoms with van der Waals surface area (Å²) in [7, 11) is 7.84. The van der Waals surface area contributed by atoms with Crippen molar-refractivity contribution in [2.75, 3.05) is 65.4 Å². The molecule has 0 radical (unpaired) electrons. The molecule has 0 spiro atoms. The molecule has 25 nitrogen and oxygen atoms in total. The highest BCUT2D eigenvalue weighted by Crippen LogP contribution is 2.11. The third-order valence-corrected chi connectivity index (χ3v) is 14.7. The van der Waals surface area contributed by atoms with Crippen molar-refractivity contribution < 1.29 is 37.7 Å². The molecular formula is C89H181N17O8. The van der Waals surface area contributed by atoms with Crippen LogP contribution in [-0.4, -0.2) is 184 Å². The lowest BCUT2D eigenvalue weighted by molar-refractivity contribution is -0.132. The standard InChI is InChI=1S/C8H13NO.2C7H13NO.2C6H10N2.C6H11NO.2C5H8N2.C5H9NO.2C4H6N2O.C4H8O.11C2H6/c1-7-3-5-9(6-4-7)8(2)10;2*1-7(9)8-5-3-2-4-6-8;1-5-4-8(3)6(2)7-5;1-5-4-7-6(2)8(5)3;1-6(8)7-4-2-3-5-7;1-5-3-4-7(2)6-5;1-5-3-4-6-7(5)2;1-5(7)6-3-2-4-6;1-3-5-6-4(2)7-3;1-3-5-4(2)7-6-3;1-3-4(2)5;11*1-2/h3H,4-6H2,1-2H3;2*2-6H2,1H3;2*4H,1-3H3;2-5H2,1H3;2*3-4H,1-2H3;2-4H2,1H3;2*1-2H3;3H2,1-2H3;11*1-2H3. The average Bonchev–Trinajstić information content (AvgIpc) is 1.80. The Morgan fingerprint density at radius 3 is 0.904 bits per heavy atom. The molecule has 4 fully saturated rings. The zero-order valence-corrected chi connectivity index (χ0v) is 82.3. The Morgan fingerprint density at radius 1 is 0.421 bits per heavy atom. The molecule has 5 aliphatic rings. The smallest absolute Gasteiger partial charge is 0.223 e. The Hall–Kier alpha value is -8.12. The molecule has 25 heteroatoms. The Labute approximate surface area is 700 Å². The monoisotopic (exact) mass is 1620 g/mol. The van der Waals surface area contributed by atoms with Gasteiger partial charge in [-0.2, -0.15) is 15.2 Å². The molecule has 0 N–H and O–H groups in total. The Kier molecular flexibility index (Phi) is 113.